The van der Waals surface area contributed by atoms with Crippen molar-refractivity contribution in [3.05, 3.63) is 42.7 Å². The predicted octanol–water partition coefficient (Wildman–Crippen LogP) is 4.67. The number of halogens is 2. The maximum absolute atomic E-state index is 11.8. The summed E-state index contributed by atoms with van der Waals surface area (Å²) in [7, 11) is 0. The van der Waals surface area contributed by atoms with Crippen LogP contribution in [0.2, 0.25) is 0 Å². The zero-order valence-corrected chi connectivity index (χ0v) is 11.2. The number of aromatic nitrogens is 2. The molecule has 1 aromatic heterocycles. The first kappa shape index (κ1) is 13.9. The highest BCUT2D eigenvalue weighted by atomic mass is 32.2. The molecule has 0 saturated carbocycles. The largest absolute Gasteiger partial charge is 0.266 e. The molecule has 100 valence electrons. The zero-order chi connectivity index (χ0) is 13.5. The molecule has 0 aliphatic carbocycles. The van der Waals surface area contributed by atoms with E-state index < -0.39 is 6.08 Å². The first-order chi connectivity index (χ1) is 9.27. The van der Waals surface area contributed by atoms with E-state index in [-0.39, 0.29) is 0 Å². The maximum atomic E-state index is 11.8. The fourth-order valence-electron chi connectivity index (χ4n) is 1.72. The minimum atomic E-state index is -1.59. The quantitative estimate of drug-likeness (QED) is 0.437. The number of para-hydroxylation sites is 1. The van der Waals surface area contributed by atoms with Gasteiger partial charge in [-0.15, -0.1) is 11.8 Å². The van der Waals surface area contributed by atoms with Crippen LogP contribution in [0.5, 0.6) is 0 Å². The summed E-state index contributed by atoms with van der Waals surface area (Å²) in [5.74, 6) is 0.878. The SMILES string of the molecule is FC(F)=CCCCCSc1ncnc2ccccc12. The minimum absolute atomic E-state index is 0.438. The van der Waals surface area contributed by atoms with E-state index in [0.29, 0.717) is 6.42 Å². The Labute approximate surface area is 115 Å². The fraction of sp³-hybridized carbons (Fsp3) is 0.286. The lowest BCUT2D eigenvalue weighted by Gasteiger charge is -2.03. The van der Waals surface area contributed by atoms with Gasteiger partial charge in [0, 0.05) is 5.39 Å². The van der Waals surface area contributed by atoms with Crippen molar-refractivity contribution in [2.24, 2.45) is 0 Å². The Hall–Kier alpha value is -1.49. The number of rotatable bonds is 6. The van der Waals surface area contributed by atoms with Crippen LogP contribution in [-0.2, 0) is 0 Å². The number of thioether (sulfide) groups is 1. The van der Waals surface area contributed by atoms with Gasteiger partial charge in [-0.2, -0.15) is 8.78 Å². The van der Waals surface area contributed by atoms with E-state index in [1.807, 2.05) is 24.3 Å². The van der Waals surface area contributed by atoms with Gasteiger partial charge >= 0.3 is 0 Å². The average Bonchev–Trinajstić information content (AvgIpc) is 2.42. The molecule has 0 bridgehead atoms. The summed E-state index contributed by atoms with van der Waals surface area (Å²) in [5.41, 5.74) is 0.933. The topological polar surface area (TPSA) is 25.8 Å². The predicted molar refractivity (Wildman–Crippen MR) is 74.4 cm³/mol. The first-order valence-electron chi connectivity index (χ1n) is 6.11. The number of allylic oxidation sites excluding steroid dienone is 1. The molecule has 0 spiro atoms. The van der Waals surface area contributed by atoms with E-state index in [1.54, 1.807) is 18.1 Å². The van der Waals surface area contributed by atoms with Crippen molar-refractivity contribution < 1.29 is 8.78 Å². The monoisotopic (exact) mass is 280 g/mol. The summed E-state index contributed by atoms with van der Waals surface area (Å²) in [6.07, 6.45) is 3.05. The van der Waals surface area contributed by atoms with Crippen LogP contribution in [0.1, 0.15) is 19.3 Å². The zero-order valence-electron chi connectivity index (χ0n) is 10.4. The smallest absolute Gasteiger partial charge is 0.236 e. The molecule has 2 rings (SSSR count). The second-order valence-corrected chi connectivity index (χ2v) is 5.12. The van der Waals surface area contributed by atoms with Crippen LogP contribution in [-0.4, -0.2) is 15.7 Å². The first-order valence-corrected chi connectivity index (χ1v) is 7.09. The Balaban J connectivity index is 1.86. The van der Waals surface area contributed by atoms with Crippen molar-refractivity contribution in [3.8, 4) is 0 Å². The summed E-state index contributed by atoms with van der Waals surface area (Å²) in [6, 6.07) is 7.86. The highest BCUT2D eigenvalue weighted by Crippen LogP contribution is 2.25. The molecular weight excluding hydrogens is 266 g/mol. The number of hydrogen-bond donors (Lipinski definition) is 0. The van der Waals surface area contributed by atoms with Crippen molar-refractivity contribution in [2.75, 3.05) is 5.75 Å². The highest BCUT2D eigenvalue weighted by Gasteiger charge is 2.02. The lowest BCUT2D eigenvalue weighted by molar-refractivity contribution is 0.417. The van der Waals surface area contributed by atoms with Crippen LogP contribution in [0.25, 0.3) is 10.9 Å². The Morgan fingerprint density at radius 1 is 1.16 bits per heavy atom. The molecular formula is C14H14F2N2S. The molecule has 0 N–H and O–H groups in total. The van der Waals surface area contributed by atoms with Gasteiger partial charge in [-0.05, 0) is 37.2 Å². The lowest BCUT2D eigenvalue weighted by atomic mass is 10.2. The third-order valence-electron chi connectivity index (χ3n) is 2.64. The molecule has 0 aliphatic rings. The minimum Gasteiger partial charge on any atom is -0.236 e. The number of benzene rings is 1. The summed E-state index contributed by atoms with van der Waals surface area (Å²) in [4.78, 5) is 8.48. The van der Waals surface area contributed by atoms with Crippen LogP contribution in [0.4, 0.5) is 8.78 Å². The molecule has 0 atom stereocenters. The van der Waals surface area contributed by atoms with Crippen LogP contribution in [0.3, 0.4) is 0 Å². The molecule has 0 aliphatic heterocycles. The number of unbranched alkanes of at least 4 members (excludes halogenated alkanes) is 2. The van der Waals surface area contributed by atoms with Crippen LogP contribution in [0, 0.1) is 0 Å². The summed E-state index contributed by atoms with van der Waals surface area (Å²) in [5, 5.41) is 2.00. The van der Waals surface area contributed by atoms with Gasteiger partial charge in [0.05, 0.1) is 5.52 Å². The molecule has 5 heteroatoms. The van der Waals surface area contributed by atoms with Gasteiger partial charge in [-0.3, -0.25) is 0 Å². The fourth-order valence-corrected chi connectivity index (χ4v) is 2.71. The molecule has 0 amide bonds. The molecule has 0 saturated heterocycles. The molecule has 0 fully saturated rings. The summed E-state index contributed by atoms with van der Waals surface area (Å²) in [6.45, 7) is 0. The highest BCUT2D eigenvalue weighted by molar-refractivity contribution is 7.99. The summed E-state index contributed by atoms with van der Waals surface area (Å²) < 4.78 is 23.6. The van der Waals surface area contributed by atoms with E-state index in [9.17, 15) is 8.78 Å². The number of hydrogen-bond acceptors (Lipinski definition) is 3. The Morgan fingerprint density at radius 3 is 2.84 bits per heavy atom. The van der Waals surface area contributed by atoms with Gasteiger partial charge in [0.25, 0.3) is 6.08 Å². The van der Waals surface area contributed by atoms with Crippen LogP contribution >= 0.6 is 11.8 Å². The molecule has 19 heavy (non-hydrogen) atoms. The van der Waals surface area contributed by atoms with E-state index in [4.69, 9.17) is 0 Å². The van der Waals surface area contributed by atoms with Crippen molar-refractivity contribution in [2.45, 2.75) is 24.3 Å². The summed E-state index contributed by atoms with van der Waals surface area (Å²) >= 11 is 1.65. The third-order valence-corrected chi connectivity index (χ3v) is 3.73. The molecule has 2 nitrogen and oxygen atoms in total. The van der Waals surface area contributed by atoms with Crippen molar-refractivity contribution in [1.82, 2.24) is 9.97 Å². The molecule has 0 unspecified atom stereocenters. The number of nitrogens with zero attached hydrogens (tertiary/aromatic N) is 2. The van der Waals surface area contributed by atoms with Gasteiger partial charge in [-0.1, -0.05) is 18.2 Å². The Kier molecular flexibility index (Phi) is 5.27. The van der Waals surface area contributed by atoms with Crippen LogP contribution < -0.4 is 0 Å². The third kappa shape index (κ3) is 4.28. The van der Waals surface area contributed by atoms with E-state index in [0.717, 1.165) is 40.6 Å². The van der Waals surface area contributed by atoms with Gasteiger partial charge in [0.15, 0.2) is 0 Å². The van der Waals surface area contributed by atoms with E-state index in [2.05, 4.69) is 9.97 Å². The van der Waals surface area contributed by atoms with Gasteiger partial charge < -0.3 is 0 Å². The molecule has 1 heterocycles. The molecule has 0 radical (unpaired) electrons. The maximum Gasteiger partial charge on any atom is 0.266 e. The van der Waals surface area contributed by atoms with Crippen molar-refractivity contribution >= 4 is 22.7 Å². The van der Waals surface area contributed by atoms with E-state index >= 15 is 0 Å². The van der Waals surface area contributed by atoms with Crippen molar-refractivity contribution in [3.63, 3.8) is 0 Å². The molecule has 2 aromatic rings. The average molecular weight is 280 g/mol. The molecule has 1 aromatic carbocycles. The normalized spacial score (nSPS) is 10.6. The van der Waals surface area contributed by atoms with Gasteiger partial charge in [0.1, 0.15) is 11.4 Å². The van der Waals surface area contributed by atoms with Crippen LogP contribution in [0.15, 0.2) is 47.8 Å². The second kappa shape index (κ2) is 7.19. The van der Waals surface area contributed by atoms with Gasteiger partial charge in [-0.25, -0.2) is 9.97 Å². The van der Waals surface area contributed by atoms with E-state index in [1.165, 1.54) is 0 Å². The number of fused-ring (bicyclic) bond motifs is 1. The van der Waals surface area contributed by atoms with Gasteiger partial charge in [0.2, 0.25) is 0 Å². The second-order valence-electron chi connectivity index (χ2n) is 4.03. The standard InChI is InChI=1S/C14H14F2N2S/c15-13(16)8-2-1-5-9-19-14-11-6-3-4-7-12(11)17-10-18-14/h3-4,6-8,10H,1-2,5,9H2. The van der Waals surface area contributed by atoms with Crippen molar-refractivity contribution in [1.29, 1.82) is 0 Å². The lowest BCUT2D eigenvalue weighted by Crippen LogP contribution is -1.88. The Morgan fingerprint density at radius 2 is 2.00 bits per heavy atom. The Bertz CT molecular complexity index is 563.